The van der Waals surface area contributed by atoms with Crippen LogP contribution in [0.1, 0.15) is 44.8 Å². The molecular weight excluding hydrogens is 204 g/mol. The lowest BCUT2D eigenvalue weighted by Crippen LogP contribution is -2.18. The zero-order valence-electron chi connectivity index (χ0n) is 9.81. The highest BCUT2D eigenvalue weighted by Crippen LogP contribution is 2.48. The van der Waals surface area contributed by atoms with Crippen LogP contribution in [0.4, 0.5) is 0 Å². The van der Waals surface area contributed by atoms with Crippen molar-refractivity contribution in [2.45, 2.75) is 45.6 Å². The van der Waals surface area contributed by atoms with Gasteiger partial charge in [0.15, 0.2) is 0 Å². The molecule has 1 N–H and O–H groups in total. The summed E-state index contributed by atoms with van der Waals surface area (Å²) in [7, 11) is 0. The Bertz CT molecular complexity index is 393. The standard InChI is InChI=1S/C12H18N2O2/c1-3-9(2)14-7-4-10(13-14)8-12(5-6-12)11(15)16/h4,7,9H,3,5-6,8H2,1-2H3,(H,15,16). The highest BCUT2D eigenvalue weighted by atomic mass is 16.4. The van der Waals surface area contributed by atoms with E-state index >= 15 is 0 Å². The minimum Gasteiger partial charge on any atom is -0.481 e. The van der Waals surface area contributed by atoms with Gasteiger partial charge in [-0.25, -0.2) is 0 Å². The van der Waals surface area contributed by atoms with Crippen LogP contribution in [0.3, 0.4) is 0 Å². The summed E-state index contributed by atoms with van der Waals surface area (Å²) in [6.45, 7) is 4.23. The molecule has 0 aromatic carbocycles. The van der Waals surface area contributed by atoms with Crippen LogP contribution in [0.25, 0.3) is 0 Å². The molecule has 1 unspecified atom stereocenters. The van der Waals surface area contributed by atoms with Gasteiger partial charge >= 0.3 is 5.97 Å². The lowest BCUT2D eigenvalue weighted by molar-refractivity contribution is -0.143. The Labute approximate surface area is 95.3 Å². The molecule has 2 rings (SSSR count). The van der Waals surface area contributed by atoms with Crippen molar-refractivity contribution >= 4 is 5.97 Å². The van der Waals surface area contributed by atoms with Crippen molar-refractivity contribution in [3.63, 3.8) is 0 Å². The van der Waals surface area contributed by atoms with Crippen molar-refractivity contribution < 1.29 is 9.90 Å². The van der Waals surface area contributed by atoms with Crippen molar-refractivity contribution in [3.8, 4) is 0 Å². The molecule has 0 radical (unpaired) electrons. The van der Waals surface area contributed by atoms with Crippen LogP contribution in [-0.4, -0.2) is 20.9 Å². The number of rotatable bonds is 5. The third kappa shape index (κ3) is 1.96. The van der Waals surface area contributed by atoms with Crippen LogP contribution in [0, 0.1) is 5.41 Å². The molecule has 1 atom stereocenters. The van der Waals surface area contributed by atoms with E-state index in [9.17, 15) is 4.79 Å². The lowest BCUT2D eigenvalue weighted by atomic mass is 10.0. The average Bonchev–Trinajstić information content (AvgIpc) is 2.89. The average molecular weight is 222 g/mol. The second kappa shape index (κ2) is 3.92. The number of carbonyl (C=O) groups is 1. The molecule has 1 aromatic rings. The van der Waals surface area contributed by atoms with Crippen LogP contribution in [0.5, 0.6) is 0 Å². The van der Waals surface area contributed by atoms with E-state index in [0.29, 0.717) is 12.5 Å². The summed E-state index contributed by atoms with van der Waals surface area (Å²) in [6.07, 6.45) is 5.13. The molecule has 0 aliphatic heterocycles. The Morgan fingerprint density at radius 3 is 2.88 bits per heavy atom. The third-order valence-electron chi connectivity index (χ3n) is 3.53. The van der Waals surface area contributed by atoms with E-state index < -0.39 is 11.4 Å². The van der Waals surface area contributed by atoms with E-state index in [4.69, 9.17) is 5.11 Å². The summed E-state index contributed by atoms with van der Waals surface area (Å²) in [5, 5.41) is 13.5. The zero-order chi connectivity index (χ0) is 11.8. The van der Waals surface area contributed by atoms with E-state index in [1.807, 2.05) is 16.9 Å². The van der Waals surface area contributed by atoms with Gasteiger partial charge in [0.25, 0.3) is 0 Å². The largest absolute Gasteiger partial charge is 0.481 e. The fraction of sp³-hybridized carbons (Fsp3) is 0.667. The number of hydrogen-bond donors (Lipinski definition) is 1. The van der Waals surface area contributed by atoms with Crippen molar-refractivity contribution in [1.29, 1.82) is 0 Å². The van der Waals surface area contributed by atoms with Crippen LogP contribution < -0.4 is 0 Å². The monoisotopic (exact) mass is 222 g/mol. The highest BCUT2D eigenvalue weighted by Gasteiger charge is 2.50. The van der Waals surface area contributed by atoms with Crippen molar-refractivity contribution in [2.24, 2.45) is 5.41 Å². The predicted molar refractivity (Wildman–Crippen MR) is 60.2 cm³/mol. The Hall–Kier alpha value is -1.32. The molecule has 0 bridgehead atoms. The third-order valence-corrected chi connectivity index (χ3v) is 3.53. The van der Waals surface area contributed by atoms with Crippen molar-refractivity contribution in [1.82, 2.24) is 9.78 Å². The van der Waals surface area contributed by atoms with Crippen LogP contribution in [-0.2, 0) is 11.2 Å². The number of carboxylic acid groups (broad SMARTS) is 1. The van der Waals surface area contributed by atoms with Gasteiger partial charge in [0.2, 0.25) is 0 Å². The van der Waals surface area contributed by atoms with Gasteiger partial charge < -0.3 is 5.11 Å². The van der Waals surface area contributed by atoms with E-state index in [-0.39, 0.29) is 0 Å². The number of nitrogens with zero attached hydrogens (tertiary/aromatic N) is 2. The maximum absolute atomic E-state index is 11.1. The van der Waals surface area contributed by atoms with Gasteiger partial charge in [-0.15, -0.1) is 0 Å². The fourth-order valence-electron chi connectivity index (χ4n) is 1.87. The molecule has 1 aliphatic rings. The minimum absolute atomic E-state index is 0.383. The highest BCUT2D eigenvalue weighted by molar-refractivity contribution is 5.78. The second-order valence-electron chi connectivity index (χ2n) is 4.81. The van der Waals surface area contributed by atoms with E-state index in [1.54, 1.807) is 0 Å². The molecular formula is C12H18N2O2. The zero-order valence-corrected chi connectivity index (χ0v) is 9.81. The summed E-state index contributed by atoms with van der Waals surface area (Å²) in [6, 6.07) is 2.32. The fourth-order valence-corrected chi connectivity index (χ4v) is 1.87. The predicted octanol–water partition coefficient (Wildman–Crippen LogP) is 2.26. The first kappa shape index (κ1) is 11.2. The summed E-state index contributed by atoms with van der Waals surface area (Å²) < 4.78 is 1.92. The SMILES string of the molecule is CCC(C)n1ccc(CC2(C(=O)O)CC2)n1. The molecule has 1 fully saturated rings. The lowest BCUT2D eigenvalue weighted by Gasteiger charge is -2.09. The van der Waals surface area contributed by atoms with Crippen LogP contribution in [0.15, 0.2) is 12.3 Å². The topological polar surface area (TPSA) is 55.1 Å². The van der Waals surface area contributed by atoms with Gasteiger partial charge in [-0.2, -0.15) is 5.10 Å². The number of carboxylic acids is 1. The molecule has 1 heterocycles. The first-order chi connectivity index (χ1) is 7.57. The molecule has 88 valence electrons. The molecule has 1 saturated carbocycles. The van der Waals surface area contributed by atoms with E-state index in [1.165, 1.54) is 0 Å². The maximum atomic E-state index is 11.1. The number of aromatic nitrogens is 2. The van der Waals surface area contributed by atoms with Gasteiger partial charge in [0, 0.05) is 18.7 Å². The van der Waals surface area contributed by atoms with Crippen molar-refractivity contribution in [3.05, 3.63) is 18.0 Å². The Morgan fingerprint density at radius 1 is 1.69 bits per heavy atom. The summed E-state index contributed by atoms with van der Waals surface area (Å²) in [5.41, 5.74) is 0.398. The maximum Gasteiger partial charge on any atom is 0.310 e. The first-order valence-electron chi connectivity index (χ1n) is 5.85. The minimum atomic E-state index is -0.675. The van der Waals surface area contributed by atoms with Crippen LogP contribution in [0.2, 0.25) is 0 Å². The van der Waals surface area contributed by atoms with Gasteiger partial charge in [-0.1, -0.05) is 6.92 Å². The summed E-state index contributed by atoms with van der Waals surface area (Å²) in [4.78, 5) is 11.1. The van der Waals surface area contributed by atoms with Gasteiger partial charge in [-0.05, 0) is 32.3 Å². The van der Waals surface area contributed by atoms with E-state index in [0.717, 1.165) is 25.0 Å². The van der Waals surface area contributed by atoms with Crippen molar-refractivity contribution in [2.75, 3.05) is 0 Å². The summed E-state index contributed by atoms with van der Waals surface area (Å²) in [5.74, 6) is -0.675. The van der Waals surface area contributed by atoms with Crippen LogP contribution >= 0.6 is 0 Å². The summed E-state index contributed by atoms with van der Waals surface area (Å²) >= 11 is 0. The molecule has 16 heavy (non-hydrogen) atoms. The number of hydrogen-bond acceptors (Lipinski definition) is 2. The molecule has 1 aliphatic carbocycles. The molecule has 4 heteroatoms. The quantitative estimate of drug-likeness (QED) is 0.831. The molecule has 1 aromatic heterocycles. The molecule has 0 spiro atoms. The molecule has 0 saturated heterocycles. The van der Waals surface area contributed by atoms with Gasteiger partial charge in [0.05, 0.1) is 11.1 Å². The Balaban J connectivity index is 2.06. The van der Waals surface area contributed by atoms with E-state index in [2.05, 4.69) is 18.9 Å². The number of aliphatic carboxylic acids is 1. The molecule has 0 amide bonds. The second-order valence-corrected chi connectivity index (χ2v) is 4.81. The van der Waals surface area contributed by atoms with Gasteiger partial charge in [-0.3, -0.25) is 9.48 Å². The normalized spacial score (nSPS) is 19.4. The Morgan fingerprint density at radius 2 is 2.38 bits per heavy atom. The Kier molecular flexibility index (Phi) is 2.74. The first-order valence-corrected chi connectivity index (χ1v) is 5.85. The molecule has 4 nitrogen and oxygen atoms in total. The smallest absolute Gasteiger partial charge is 0.310 e. The van der Waals surface area contributed by atoms with Gasteiger partial charge in [0.1, 0.15) is 0 Å².